The minimum Gasteiger partial charge on any atom is -0.382 e. The van der Waals surface area contributed by atoms with E-state index in [-0.39, 0.29) is 11.4 Å². The minimum atomic E-state index is -0.390. The van der Waals surface area contributed by atoms with Crippen LogP contribution in [0.2, 0.25) is 5.02 Å². The van der Waals surface area contributed by atoms with Crippen LogP contribution in [0, 0.1) is 5.82 Å². The predicted molar refractivity (Wildman–Crippen MR) is 116 cm³/mol. The summed E-state index contributed by atoms with van der Waals surface area (Å²) in [6.45, 7) is 1.95. The first kappa shape index (κ1) is 18.4. The Balaban J connectivity index is 1.78. The number of halogens is 2. The molecule has 0 amide bonds. The van der Waals surface area contributed by atoms with Crippen molar-refractivity contribution >= 4 is 39.5 Å². The van der Waals surface area contributed by atoms with Gasteiger partial charge in [-0.15, -0.1) is 0 Å². The number of rotatable bonds is 3. The van der Waals surface area contributed by atoms with Crippen LogP contribution >= 0.6 is 11.6 Å². The fraction of sp³-hybridized carbons (Fsp3) is 0.0909. The Kier molecular flexibility index (Phi) is 4.33. The number of fused-ring (bicyclic) bond motifs is 2. The number of para-hydroxylation sites is 1. The van der Waals surface area contributed by atoms with Crippen molar-refractivity contribution in [1.29, 1.82) is 0 Å². The van der Waals surface area contributed by atoms with Crippen molar-refractivity contribution in [2.75, 3.05) is 5.73 Å². The first-order chi connectivity index (χ1) is 14.5. The molecule has 0 aliphatic heterocycles. The van der Waals surface area contributed by atoms with Crippen LogP contribution < -0.4 is 5.73 Å². The molecule has 0 aliphatic rings. The number of H-pyrrole nitrogens is 1. The summed E-state index contributed by atoms with van der Waals surface area (Å²) >= 11 is 6.46. The third-order valence-electron chi connectivity index (χ3n) is 5.14. The van der Waals surface area contributed by atoms with Gasteiger partial charge in [0.1, 0.15) is 22.7 Å². The maximum absolute atomic E-state index is 14.5. The number of hydrogen-bond donors (Lipinski definition) is 2. The van der Waals surface area contributed by atoms with Gasteiger partial charge in [-0.25, -0.2) is 24.3 Å². The number of aromatic nitrogens is 5. The van der Waals surface area contributed by atoms with Gasteiger partial charge in [-0.2, -0.15) is 0 Å². The lowest BCUT2D eigenvalue weighted by molar-refractivity contribution is 0.636. The van der Waals surface area contributed by atoms with Crippen molar-refractivity contribution in [3.63, 3.8) is 0 Å². The molecule has 0 unspecified atom stereocenters. The third kappa shape index (κ3) is 2.95. The topological polar surface area (TPSA) is 93.4 Å². The van der Waals surface area contributed by atoms with Crippen LogP contribution in [0.15, 0.2) is 54.9 Å². The van der Waals surface area contributed by atoms with Crippen molar-refractivity contribution in [1.82, 2.24) is 24.9 Å². The van der Waals surface area contributed by atoms with Gasteiger partial charge in [0.15, 0.2) is 11.5 Å². The second-order valence-electron chi connectivity index (χ2n) is 7.01. The smallest absolute Gasteiger partial charge is 0.183 e. The van der Waals surface area contributed by atoms with Crippen molar-refractivity contribution in [2.24, 2.45) is 0 Å². The van der Waals surface area contributed by atoms with E-state index in [0.717, 1.165) is 5.56 Å². The van der Waals surface area contributed by atoms with Gasteiger partial charge >= 0.3 is 0 Å². The van der Waals surface area contributed by atoms with Crippen molar-refractivity contribution < 1.29 is 4.39 Å². The zero-order valence-corrected chi connectivity index (χ0v) is 16.7. The lowest BCUT2D eigenvalue weighted by Crippen LogP contribution is -2.08. The van der Waals surface area contributed by atoms with E-state index in [2.05, 4.69) is 24.9 Å². The third-order valence-corrected chi connectivity index (χ3v) is 5.47. The number of pyridine rings is 1. The summed E-state index contributed by atoms with van der Waals surface area (Å²) in [6.07, 6.45) is 1.53. The van der Waals surface area contributed by atoms with Crippen molar-refractivity contribution in [3.8, 4) is 11.3 Å². The fourth-order valence-corrected chi connectivity index (χ4v) is 3.81. The molecule has 1 atom stereocenters. The lowest BCUT2D eigenvalue weighted by atomic mass is 9.93. The van der Waals surface area contributed by atoms with Gasteiger partial charge in [0.25, 0.3) is 0 Å². The minimum absolute atomic E-state index is 0.284. The lowest BCUT2D eigenvalue weighted by Gasteiger charge is -2.17. The van der Waals surface area contributed by atoms with Gasteiger partial charge in [-0.1, -0.05) is 48.9 Å². The van der Waals surface area contributed by atoms with Gasteiger partial charge in [-0.05, 0) is 23.8 Å². The molecule has 2 aromatic carbocycles. The number of nitrogens with zero attached hydrogens (tertiary/aromatic N) is 4. The number of nitrogens with one attached hydrogen (secondary N) is 1. The van der Waals surface area contributed by atoms with Crippen LogP contribution in [0.1, 0.15) is 24.2 Å². The summed E-state index contributed by atoms with van der Waals surface area (Å²) < 4.78 is 14.5. The molecular weight excluding hydrogens is 403 g/mol. The molecule has 5 aromatic rings. The maximum atomic E-state index is 14.5. The van der Waals surface area contributed by atoms with Crippen molar-refractivity contribution in [3.05, 3.63) is 77.1 Å². The number of anilines is 1. The van der Waals surface area contributed by atoms with E-state index in [4.69, 9.17) is 17.3 Å². The molecule has 0 saturated carbocycles. The Bertz CT molecular complexity index is 1410. The maximum Gasteiger partial charge on any atom is 0.183 e. The molecule has 5 rings (SSSR count). The summed E-state index contributed by atoms with van der Waals surface area (Å²) in [6, 6.07) is 14.1. The first-order valence-corrected chi connectivity index (χ1v) is 9.71. The molecule has 3 N–H and O–H groups in total. The number of imidazole rings is 1. The summed E-state index contributed by atoms with van der Waals surface area (Å²) in [4.78, 5) is 20.8. The van der Waals surface area contributed by atoms with Crippen LogP contribution in [0.5, 0.6) is 0 Å². The van der Waals surface area contributed by atoms with Crippen LogP contribution in [0.25, 0.3) is 33.3 Å². The molecule has 0 fully saturated rings. The van der Waals surface area contributed by atoms with E-state index < -0.39 is 5.82 Å². The van der Waals surface area contributed by atoms with E-state index in [9.17, 15) is 4.39 Å². The Morgan fingerprint density at radius 3 is 2.73 bits per heavy atom. The quantitative estimate of drug-likeness (QED) is 0.425. The molecule has 3 aromatic heterocycles. The van der Waals surface area contributed by atoms with E-state index in [1.165, 1.54) is 12.4 Å². The molecule has 3 heterocycles. The van der Waals surface area contributed by atoms with Crippen LogP contribution in [-0.4, -0.2) is 24.9 Å². The monoisotopic (exact) mass is 418 g/mol. The van der Waals surface area contributed by atoms with Gasteiger partial charge in [0.2, 0.25) is 0 Å². The molecule has 0 bridgehead atoms. The highest BCUT2D eigenvalue weighted by atomic mass is 35.5. The van der Waals surface area contributed by atoms with Crippen LogP contribution in [0.4, 0.5) is 10.2 Å². The highest BCUT2D eigenvalue weighted by Crippen LogP contribution is 2.37. The van der Waals surface area contributed by atoms with Gasteiger partial charge in [-0.3, -0.25) is 0 Å². The predicted octanol–water partition coefficient (Wildman–Crippen LogP) is 5.09. The van der Waals surface area contributed by atoms with Crippen LogP contribution in [0.3, 0.4) is 0 Å². The molecule has 148 valence electrons. The van der Waals surface area contributed by atoms with E-state index in [1.54, 1.807) is 12.1 Å². The van der Waals surface area contributed by atoms with Gasteiger partial charge in [0.05, 0.1) is 12.0 Å². The Hall–Kier alpha value is -3.58. The summed E-state index contributed by atoms with van der Waals surface area (Å²) in [5.74, 6) is 0.134. The Morgan fingerprint density at radius 2 is 1.90 bits per heavy atom. The average Bonchev–Trinajstić information content (AvgIpc) is 3.23. The fourth-order valence-electron chi connectivity index (χ4n) is 3.58. The van der Waals surface area contributed by atoms with Crippen molar-refractivity contribution in [2.45, 2.75) is 12.8 Å². The Labute approximate surface area is 176 Å². The standard InChI is InChI=1S/C22H16ClFN6/c1-11(21-29-20(25)19-22(30-21)27-10-26-19)14-9-12-5-4-8-16(24)17(12)28-18(14)13-6-2-3-7-15(13)23/h2-11H,1H3,(H3,25,26,27,29,30)/t11-/m0/s1. The largest absolute Gasteiger partial charge is 0.382 e. The average molecular weight is 419 g/mol. The summed E-state index contributed by atoms with van der Waals surface area (Å²) in [5.41, 5.74) is 9.56. The second-order valence-corrected chi connectivity index (χ2v) is 7.41. The summed E-state index contributed by atoms with van der Waals surface area (Å²) in [7, 11) is 0. The van der Waals surface area contributed by atoms with Crippen LogP contribution in [-0.2, 0) is 0 Å². The highest BCUT2D eigenvalue weighted by molar-refractivity contribution is 6.33. The SMILES string of the molecule is C[C@H](c1nc(N)c2[nH]cnc2n1)c1cc2cccc(F)c2nc1-c1ccccc1Cl. The molecule has 0 spiro atoms. The second kappa shape index (κ2) is 7.03. The molecule has 6 nitrogen and oxygen atoms in total. The molecule has 30 heavy (non-hydrogen) atoms. The molecule has 8 heteroatoms. The number of benzene rings is 2. The number of nitrogens with two attached hydrogens (primary N) is 1. The number of hydrogen-bond acceptors (Lipinski definition) is 5. The van der Waals surface area contributed by atoms with E-state index in [0.29, 0.717) is 44.5 Å². The molecule has 0 aliphatic carbocycles. The van der Waals surface area contributed by atoms with E-state index >= 15 is 0 Å². The molecule has 0 radical (unpaired) electrons. The molecule has 0 saturated heterocycles. The zero-order chi connectivity index (χ0) is 20.8. The normalized spacial score (nSPS) is 12.5. The summed E-state index contributed by atoms with van der Waals surface area (Å²) in [5, 5.41) is 1.21. The van der Waals surface area contributed by atoms with Gasteiger partial charge in [0, 0.05) is 21.9 Å². The zero-order valence-electron chi connectivity index (χ0n) is 15.9. The first-order valence-electron chi connectivity index (χ1n) is 9.33. The van der Waals surface area contributed by atoms with E-state index in [1.807, 2.05) is 37.3 Å². The van der Waals surface area contributed by atoms with Gasteiger partial charge < -0.3 is 10.7 Å². The number of aromatic amines is 1. The molecular formula is C22H16ClFN6. The number of nitrogen functional groups attached to an aromatic ring is 1. The Morgan fingerprint density at radius 1 is 1.07 bits per heavy atom. The highest BCUT2D eigenvalue weighted by Gasteiger charge is 2.22.